The third-order valence-electron chi connectivity index (χ3n) is 5.19. The summed E-state index contributed by atoms with van der Waals surface area (Å²) in [5.74, 6) is -1.15. The van der Waals surface area contributed by atoms with Gasteiger partial charge in [-0.05, 0) is 51.1 Å². The molecule has 0 atom stereocenters. The molecule has 0 N–H and O–H groups in total. The van der Waals surface area contributed by atoms with Gasteiger partial charge in [0.25, 0.3) is 0 Å². The van der Waals surface area contributed by atoms with E-state index in [-0.39, 0.29) is 10.7 Å². The Kier molecular flexibility index (Phi) is 6.96. The van der Waals surface area contributed by atoms with Gasteiger partial charge in [-0.2, -0.15) is 4.31 Å². The number of ether oxygens (including phenoxy) is 1. The molecule has 0 aliphatic rings. The van der Waals surface area contributed by atoms with Crippen molar-refractivity contribution in [1.29, 1.82) is 0 Å². The molecule has 168 valence electrons. The van der Waals surface area contributed by atoms with Gasteiger partial charge in [0.05, 0.1) is 4.90 Å². The fraction of sp³-hybridized carbons (Fsp3) is 0.250. The molecule has 8 heteroatoms. The van der Waals surface area contributed by atoms with Gasteiger partial charge in [-0.3, -0.25) is 9.59 Å². The molecule has 0 bridgehead atoms. The lowest BCUT2D eigenvalue weighted by Crippen LogP contribution is -2.33. The van der Waals surface area contributed by atoms with Crippen LogP contribution < -0.4 is 0 Å². The molecule has 0 aliphatic heterocycles. The van der Waals surface area contributed by atoms with Crippen LogP contribution in [0.4, 0.5) is 0 Å². The highest BCUT2D eigenvalue weighted by Gasteiger charge is 2.24. The molecule has 1 aromatic heterocycles. The second-order valence-electron chi connectivity index (χ2n) is 7.61. The van der Waals surface area contributed by atoms with E-state index in [1.807, 2.05) is 55.7 Å². The standard InChI is InChI=1S/C24H26N2O5S/c1-17-10-12-21(13-11-17)32(29,30)25(4)15-24(28)31-16-23(27)22-14-18(2)26(19(22)3)20-8-6-5-7-9-20/h5-14H,15-16H2,1-4H3. The van der Waals surface area contributed by atoms with Crippen LogP contribution in [0.3, 0.4) is 0 Å². The fourth-order valence-electron chi connectivity index (χ4n) is 3.45. The van der Waals surface area contributed by atoms with Gasteiger partial charge in [0.2, 0.25) is 15.8 Å². The zero-order valence-corrected chi connectivity index (χ0v) is 19.3. The molecule has 0 unspecified atom stereocenters. The van der Waals surface area contributed by atoms with E-state index >= 15 is 0 Å². The van der Waals surface area contributed by atoms with Crippen molar-refractivity contribution in [3.63, 3.8) is 0 Å². The third kappa shape index (κ3) is 4.98. The summed E-state index contributed by atoms with van der Waals surface area (Å²) < 4.78 is 33.2. The molecule has 0 fully saturated rings. The Morgan fingerprint density at radius 2 is 1.59 bits per heavy atom. The maximum absolute atomic E-state index is 12.7. The number of esters is 1. The molecule has 3 rings (SSSR count). The number of carbonyl (C=O) groups excluding carboxylic acids is 2. The van der Waals surface area contributed by atoms with Gasteiger partial charge >= 0.3 is 5.97 Å². The average Bonchev–Trinajstić information content (AvgIpc) is 3.06. The molecule has 32 heavy (non-hydrogen) atoms. The molecule has 1 heterocycles. The minimum absolute atomic E-state index is 0.0860. The van der Waals surface area contributed by atoms with Gasteiger partial charge in [0, 0.05) is 29.7 Å². The van der Waals surface area contributed by atoms with Gasteiger partial charge in [-0.15, -0.1) is 0 Å². The fourth-order valence-corrected chi connectivity index (χ4v) is 4.56. The van der Waals surface area contributed by atoms with Crippen LogP contribution >= 0.6 is 0 Å². The Balaban J connectivity index is 1.64. The maximum atomic E-state index is 12.7. The van der Waals surface area contributed by atoms with E-state index in [0.717, 1.165) is 26.9 Å². The number of benzene rings is 2. The first kappa shape index (κ1) is 23.4. The largest absolute Gasteiger partial charge is 0.456 e. The number of aryl methyl sites for hydroxylation is 2. The smallest absolute Gasteiger partial charge is 0.321 e. The number of sulfonamides is 1. The summed E-state index contributed by atoms with van der Waals surface area (Å²) >= 11 is 0. The summed E-state index contributed by atoms with van der Waals surface area (Å²) in [6.07, 6.45) is 0. The maximum Gasteiger partial charge on any atom is 0.321 e. The summed E-state index contributed by atoms with van der Waals surface area (Å²) in [5.41, 5.74) is 3.94. The molecule has 0 saturated carbocycles. The summed E-state index contributed by atoms with van der Waals surface area (Å²) in [4.78, 5) is 25.0. The quantitative estimate of drug-likeness (QED) is 0.384. The van der Waals surface area contributed by atoms with Crippen molar-refractivity contribution in [1.82, 2.24) is 8.87 Å². The molecular formula is C24H26N2O5S. The van der Waals surface area contributed by atoms with Crippen molar-refractivity contribution >= 4 is 21.8 Å². The second-order valence-corrected chi connectivity index (χ2v) is 9.66. The Morgan fingerprint density at radius 1 is 0.969 bits per heavy atom. The number of hydrogen-bond acceptors (Lipinski definition) is 5. The first-order valence-electron chi connectivity index (χ1n) is 10.1. The van der Waals surface area contributed by atoms with Gasteiger partial charge in [-0.1, -0.05) is 35.9 Å². The van der Waals surface area contributed by atoms with E-state index < -0.39 is 29.1 Å². The summed E-state index contributed by atoms with van der Waals surface area (Å²) in [5, 5.41) is 0. The topological polar surface area (TPSA) is 85.7 Å². The zero-order valence-electron chi connectivity index (χ0n) is 18.5. The van der Waals surface area contributed by atoms with Crippen molar-refractivity contribution in [3.8, 4) is 5.69 Å². The monoisotopic (exact) mass is 454 g/mol. The number of likely N-dealkylation sites (N-methyl/N-ethyl adjacent to an activating group) is 1. The Hall–Kier alpha value is -3.23. The predicted molar refractivity (Wildman–Crippen MR) is 122 cm³/mol. The summed E-state index contributed by atoms with van der Waals surface area (Å²) in [6.45, 7) is 4.62. The van der Waals surface area contributed by atoms with Crippen LogP contribution in [-0.2, 0) is 19.6 Å². The molecular weight excluding hydrogens is 428 g/mol. The van der Waals surface area contributed by atoms with Crippen LogP contribution in [0.5, 0.6) is 0 Å². The lowest BCUT2D eigenvalue weighted by atomic mass is 10.1. The number of ketones is 1. The normalized spacial score (nSPS) is 11.5. The summed E-state index contributed by atoms with van der Waals surface area (Å²) in [7, 11) is -2.54. The van der Waals surface area contributed by atoms with Gasteiger partial charge < -0.3 is 9.30 Å². The van der Waals surface area contributed by atoms with E-state index in [2.05, 4.69) is 0 Å². The molecule has 2 aromatic carbocycles. The first-order chi connectivity index (χ1) is 15.1. The molecule has 0 spiro atoms. The zero-order chi connectivity index (χ0) is 23.5. The van der Waals surface area contributed by atoms with Crippen LogP contribution in [0.1, 0.15) is 27.3 Å². The number of carbonyl (C=O) groups is 2. The van der Waals surface area contributed by atoms with Gasteiger partial charge in [0.15, 0.2) is 6.61 Å². The second kappa shape index (κ2) is 9.50. The minimum atomic E-state index is -3.84. The Morgan fingerprint density at radius 3 is 2.22 bits per heavy atom. The Bertz CT molecular complexity index is 1230. The van der Waals surface area contributed by atoms with Crippen molar-refractivity contribution in [3.05, 3.63) is 83.2 Å². The van der Waals surface area contributed by atoms with Crippen LogP contribution in [-0.4, -0.2) is 49.2 Å². The van der Waals surface area contributed by atoms with E-state index in [1.165, 1.54) is 19.2 Å². The lowest BCUT2D eigenvalue weighted by molar-refractivity contribution is -0.142. The minimum Gasteiger partial charge on any atom is -0.456 e. The average molecular weight is 455 g/mol. The van der Waals surface area contributed by atoms with Crippen LogP contribution in [0.25, 0.3) is 5.69 Å². The lowest BCUT2D eigenvalue weighted by Gasteiger charge is -2.16. The van der Waals surface area contributed by atoms with Crippen molar-refractivity contribution in [2.24, 2.45) is 0 Å². The number of Topliss-reactive ketones (excluding diaryl/α,β-unsaturated/α-hetero) is 1. The van der Waals surface area contributed by atoms with E-state index in [4.69, 9.17) is 4.74 Å². The highest BCUT2D eigenvalue weighted by molar-refractivity contribution is 7.89. The SMILES string of the molecule is Cc1ccc(S(=O)(=O)N(C)CC(=O)OCC(=O)c2cc(C)n(-c3ccccc3)c2C)cc1. The van der Waals surface area contributed by atoms with Crippen LogP contribution in [0.2, 0.25) is 0 Å². The summed E-state index contributed by atoms with van der Waals surface area (Å²) in [6, 6.07) is 17.7. The number of rotatable bonds is 8. The number of aromatic nitrogens is 1. The van der Waals surface area contributed by atoms with Gasteiger partial charge in [-0.25, -0.2) is 8.42 Å². The molecule has 3 aromatic rings. The van der Waals surface area contributed by atoms with Crippen LogP contribution in [0, 0.1) is 20.8 Å². The number of hydrogen-bond donors (Lipinski definition) is 0. The molecule has 0 radical (unpaired) electrons. The third-order valence-corrected chi connectivity index (χ3v) is 7.01. The van der Waals surface area contributed by atoms with E-state index in [0.29, 0.717) is 5.56 Å². The van der Waals surface area contributed by atoms with Crippen molar-refractivity contribution < 1.29 is 22.7 Å². The van der Waals surface area contributed by atoms with E-state index in [9.17, 15) is 18.0 Å². The number of para-hydroxylation sites is 1. The molecule has 0 aliphatic carbocycles. The van der Waals surface area contributed by atoms with E-state index in [1.54, 1.807) is 18.2 Å². The highest BCUT2D eigenvalue weighted by atomic mass is 32.2. The predicted octanol–water partition coefficient (Wildman–Crippen LogP) is 3.45. The molecule has 0 saturated heterocycles. The van der Waals surface area contributed by atoms with Crippen molar-refractivity contribution in [2.45, 2.75) is 25.7 Å². The first-order valence-corrected chi connectivity index (χ1v) is 11.5. The van der Waals surface area contributed by atoms with Crippen molar-refractivity contribution in [2.75, 3.05) is 20.2 Å². The van der Waals surface area contributed by atoms with Crippen LogP contribution in [0.15, 0.2) is 65.6 Å². The highest BCUT2D eigenvalue weighted by Crippen LogP contribution is 2.21. The van der Waals surface area contributed by atoms with Gasteiger partial charge in [0.1, 0.15) is 6.54 Å². The Labute approximate surface area is 188 Å². The molecule has 7 nitrogen and oxygen atoms in total. The molecule has 0 amide bonds. The number of nitrogens with zero attached hydrogens (tertiary/aromatic N) is 2.